The average Bonchev–Trinajstić information content (AvgIpc) is 2.93. The average molecular weight is 454 g/mol. The first kappa shape index (κ1) is 22.4. The number of piperidine rings is 1. The van der Waals surface area contributed by atoms with Crippen molar-refractivity contribution < 1.29 is 19.1 Å². The predicted molar refractivity (Wildman–Crippen MR) is 125 cm³/mol. The first-order valence-electron chi connectivity index (χ1n) is 12.3. The molecule has 1 aliphatic carbocycles. The summed E-state index contributed by atoms with van der Waals surface area (Å²) in [4.78, 5) is 27.1. The van der Waals surface area contributed by atoms with Crippen LogP contribution in [-0.4, -0.2) is 54.7 Å². The zero-order valence-electron chi connectivity index (χ0n) is 19.5. The van der Waals surface area contributed by atoms with Crippen molar-refractivity contribution in [2.45, 2.75) is 76.6 Å². The fourth-order valence-corrected chi connectivity index (χ4v) is 5.46. The lowest BCUT2D eigenvalue weighted by atomic mass is 9.88. The second kappa shape index (κ2) is 9.11. The first-order valence-corrected chi connectivity index (χ1v) is 12.3. The Labute approximate surface area is 195 Å². The maximum atomic E-state index is 13.0. The van der Waals surface area contributed by atoms with Crippen molar-refractivity contribution in [1.29, 1.82) is 0 Å². The molecule has 0 bridgehead atoms. The van der Waals surface area contributed by atoms with Crippen LogP contribution in [0.3, 0.4) is 0 Å². The molecule has 4 aliphatic rings. The summed E-state index contributed by atoms with van der Waals surface area (Å²) >= 11 is 0. The molecule has 1 saturated carbocycles. The molecule has 0 radical (unpaired) electrons. The number of benzene rings is 1. The molecule has 3 heterocycles. The number of nitrogens with zero attached hydrogens (tertiary/aromatic N) is 1. The van der Waals surface area contributed by atoms with Crippen LogP contribution >= 0.6 is 0 Å². The van der Waals surface area contributed by atoms with Gasteiger partial charge in [0.25, 0.3) is 5.91 Å². The summed E-state index contributed by atoms with van der Waals surface area (Å²) in [5, 5.41) is 6.57. The molecular weight excluding hydrogens is 418 g/mol. The van der Waals surface area contributed by atoms with Gasteiger partial charge in [-0.15, -0.1) is 0 Å². The number of carbonyl (C=O) groups is 2. The fraction of sp³-hybridized carbons (Fsp3) is 0.615. The molecule has 3 aliphatic heterocycles. The van der Waals surface area contributed by atoms with E-state index in [4.69, 9.17) is 9.47 Å². The van der Waals surface area contributed by atoms with E-state index in [2.05, 4.69) is 24.1 Å². The monoisotopic (exact) mass is 453 g/mol. The van der Waals surface area contributed by atoms with E-state index in [1.54, 1.807) is 4.90 Å². The highest BCUT2D eigenvalue weighted by Crippen LogP contribution is 2.32. The molecule has 1 aromatic rings. The lowest BCUT2D eigenvalue weighted by molar-refractivity contribution is -0.126. The van der Waals surface area contributed by atoms with E-state index >= 15 is 0 Å². The lowest BCUT2D eigenvalue weighted by Gasteiger charge is -2.40. The second-order valence-corrected chi connectivity index (χ2v) is 10.5. The Morgan fingerprint density at radius 1 is 1.21 bits per heavy atom. The van der Waals surface area contributed by atoms with Gasteiger partial charge in [0.15, 0.2) is 0 Å². The molecule has 0 aromatic heterocycles. The largest absolute Gasteiger partial charge is 0.489 e. The Balaban J connectivity index is 1.26. The molecule has 2 N–H and O–H groups in total. The topological polar surface area (TPSA) is 79.9 Å². The zero-order chi connectivity index (χ0) is 23.0. The number of amides is 2. The summed E-state index contributed by atoms with van der Waals surface area (Å²) in [6, 6.07) is 5.64. The molecule has 2 saturated heterocycles. The SMILES string of the molecule is C=C1CCC(N2Cc3cc(O[C@@H]4CCCCC[C@H]4NCC4(C)COC4)ccc3C2=O)C(=O)N1. The summed E-state index contributed by atoms with van der Waals surface area (Å²) in [6.07, 6.45) is 7.19. The van der Waals surface area contributed by atoms with Crippen molar-refractivity contribution in [3.8, 4) is 5.75 Å². The highest BCUT2D eigenvalue weighted by atomic mass is 16.5. The summed E-state index contributed by atoms with van der Waals surface area (Å²) in [5.41, 5.74) is 2.56. The Hall–Kier alpha value is -2.38. The molecule has 2 amide bonds. The van der Waals surface area contributed by atoms with Gasteiger partial charge < -0.3 is 25.0 Å². The Kier molecular flexibility index (Phi) is 6.18. The van der Waals surface area contributed by atoms with E-state index in [1.165, 1.54) is 19.3 Å². The minimum Gasteiger partial charge on any atom is -0.489 e. The smallest absolute Gasteiger partial charge is 0.255 e. The van der Waals surface area contributed by atoms with Gasteiger partial charge in [0.05, 0.1) is 13.2 Å². The predicted octanol–water partition coefficient (Wildman–Crippen LogP) is 3.14. The van der Waals surface area contributed by atoms with Gasteiger partial charge >= 0.3 is 0 Å². The third kappa shape index (κ3) is 4.66. The van der Waals surface area contributed by atoms with Gasteiger partial charge in [-0.2, -0.15) is 0 Å². The number of allylic oxidation sites excluding steroid dienone is 1. The molecule has 7 heteroatoms. The minimum atomic E-state index is -0.438. The molecular formula is C26H35N3O4. The molecule has 1 unspecified atom stereocenters. The summed E-state index contributed by atoms with van der Waals surface area (Å²) < 4.78 is 11.9. The molecule has 0 spiro atoms. The van der Waals surface area contributed by atoms with E-state index in [0.29, 0.717) is 31.0 Å². The third-order valence-corrected chi connectivity index (χ3v) is 7.54. The van der Waals surface area contributed by atoms with Crippen LogP contribution in [0.25, 0.3) is 0 Å². The van der Waals surface area contributed by atoms with Crippen molar-refractivity contribution in [2.75, 3.05) is 19.8 Å². The highest BCUT2D eigenvalue weighted by molar-refractivity contribution is 6.01. The van der Waals surface area contributed by atoms with Gasteiger partial charge in [-0.25, -0.2) is 0 Å². The number of carbonyl (C=O) groups excluding carboxylic acids is 2. The fourth-order valence-electron chi connectivity index (χ4n) is 5.46. The van der Waals surface area contributed by atoms with Crippen molar-refractivity contribution >= 4 is 11.8 Å². The van der Waals surface area contributed by atoms with Crippen LogP contribution in [0.15, 0.2) is 30.5 Å². The van der Waals surface area contributed by atoms with Crippen LogP contribution in [0.4, 0.5) is 0 Å². The van der Waals surface area contributed by atoms with Gasteiger partial charge in [-0.1, -0.05) is 26.3 Å². The maximum Gasteiger partial charge on any atom is 0.255 e. The second-order valence-electron chi connectivity index (χ2n) is 10.5. The molecule has 178 valence electrons. The van der Waals surface area contributed by atoms with E-state index in [0.717, 1.165) is 49.6 Å². The quantitative estimate of drug-likeness (QED) is 0.647. The van der Waals surface area contributed by atoms with Gasteiger partial charge in [0, 0.05) is 35.8 Å². The van der Waals surface area contributed by atoms with E-state index in [-0.39, 0.29) is 23.3 Å². The van der Waals surface area contributed by atoms with Crippen LogP contribution in [-0.2, 0) is 16.1 Å². The summed E-state index contributed by atoms with van der Waals surface area (Å²) in [6.45, 7) is 9.13. The van der Waals surface area contributed by atoms with Crippen LogP contribution in [0.2, 0.25) is 0 Å². The number of fused-ring (bicyclic) bond motifs is 1. The molecule has 1 aromatic carbocycles. The zero-order valence-corrected chi connectivity index (χ0v) is 19.5. The number of hydrogen-bond donors (Lipinski definition) is 2. The Morgan fingerprint density at radius 3 is 2.79 bits per heavy atom. The molecule has 3 fully saturated rings. The third-order valence-electron chi connectivity index (χ3n) is 7.54. The molecule has 5 rings (SSSR count). The van der Waals surface area contributed by atoms with Gasteiger partial charge in [0.2, 0.25) is 5.91 Å². The van der Waals surface area contributed by atoms with E-state index in [1.807, 2.05) is 18.2 Å². The number of ether oxygens (including phenoxy) is 2. The first-order chi connectivity index (χ1) is 15.9. The van der Waals surface area contributed by atoms with E-state index in [9.17, 15) is 9.59 Å². The van der Waals surface area contributed by atoms with Gasteiger partial charge in [-0.05, 0) is 55.9 Å². The van der Waals surface area contributed by atoms with Crippen LogP contribution in [0.5, 0.6) is 5.75 Å². The standard InChI is InChI=1S/C26H35N3O4/c1-17-8-11-22(24(30)28-17)29-13-18-12-19(9-10-20(18)25(29)31)33-23-7-5-3-4-6-21(23)27-14-26(2)15-32-16-26/h9-10,12,21-23,27H,1,3-8,11,13-16H2,2H3,(H,28,30)/t21-,22?,23-/m1/s1. The summed E-state index contributed by atoms with van der Waals surface area (Å²) in [7, 11) is 0. The maximum absolute atomic E-state index is 13.0. The van der Waals surface area contributed by atoms with Crippen molar-refractivity contribution in [1.82, 2.24) is 15.5 Å². The number of rotatable bonds is 6. The Morgan fingerprint density at radius 2 is 2.03 bits per heavy atom. The van der Waals surface area contributed by atoms with Crippen LogP contribution in [0, 0.1) is 5.41 Å². The molecule has 3 atom stereocenters. The lowest BCUT2D eigenvalue weighted by Crippen LogP contribution is -2.52. The van der Waals surface area contributed by atoms with Crippen LogP contribution in [0.1, 0.15) is 67.8 Å². The van der Waals surface area contributed by atoms with Crippen molar-refractivity contribution in [2.24, 2.45) is 5.41 Å². The molecule has 7 nitrogen and oxygen atoms in total. The number of nitrogens with one attached hydrogen (secondary N) is 2. The highest BCUT2D eigenvalue weighted by Gasteiger charge is 2.39. The molecule has 33 heavy (non-hydrogen) atoms. The minimum absolute atomic E-state index is 0.0748. The Bertz CT molecular complexity index is 941. The van der Waals surface area contributed by atoms with Gasteiger partial charge in [0.1, 0.15) is 17.9 Å². The van der Waals surface area contributed by atoms with Crippen LogP contribution < -0.4 is 15.4 Å². The summed E-state index contributed by atoms with van der Waals surface area (Å²) in [5.74, 6) is 0.595. The van der Waals surface area contributed by atoms with Crippen molar-refractivity contribution in [3.05, 3.63) is 41.6 Å². The normalized spacial score (nSPS) is 29.2. The van der Waals surface area contributed by atoms with Crippen molar-refractivity contribution in [3.63, 3.8) is 0 Å². The van der Waals surface area contributed by atoms with Gasteiger partial charge in [-0.3, -0.25) is 9.59 Å². The van der Waals surface area contributed by atoms with E-state index < -0.39 is 6.04 Å². The number of hydrogen-bond acceptors (Lipinski definition) is 5.